The molecule has 1 aromatic rings. The van der Waals surface area contributed by atoms with Crippen molar-refractivity contribution in [2.75, 3.05) is 18.8 Å². The summed E-state index contributed by atoms with van der Waals surface area (Å²) in [6, 6.07) is 3.54. The molecule has 0 saturated carbocycles. The smallest absolute Gasteiger partial charge is 0.265 e. The maximum atomic E-state index is 13.0. The molecule has 0 radical (unpaired) electrons. The highest BCUT2D eigenvalue weighted by Gasteiger charge is 2.36. The van der Waals surface area contributed by atoms with E-state index in [1.54, 1.807) is 24.3 Å². The SMILES string of the molecule is CC(C)CC(NC(=O)C1CCCN1C(=O)CNC(=O)c1ccc(N)cc1)C(=O)NC(C)C(=O)NO. The molecule has 2 rings (SSSR count). The molecule has 1 saturated heterocycles. The number of hydrogen-bond acceptors (Lipinski definition) is 7. The van der Waals surface area contributed by atoms with Gasteiger partial charge in [0.2, 0.25) is 17.7 Å². The first kappa shape index (κ1) is 27.6. The summed E-state index contributed by atoms with van der Waals surface area (Å²) in [5.74, 6) is -2.65. The third kappa shape index (κ3) is 7.95. The summed E-state index contributed by atoms with van der Waals surface area (Å²) in [5, 5.41) is 16.4. The number of anilines is 1. The number of hydrogen-bond donors (Lipinski definition) is 6. The van der Waals surface area contributed by atoms with Gasteiger partial charge in [-0.2, -0.15) is 0 Å². The zero-order valence-corrected chi connectivity index (χ0v) is 20.2. The van der Waals surface area contributed by atoms with Crippen LogP contribution in [0.3, 0.4) is 0 Å². The zero-order valence-electron chi connectivity index (χ0n) is 20.2. The maximum Gasteiger partial charge on any atom is 0.265 e. The van der Waals surface area contributed by atoms with Crippen molar-refractivity contribution in [2.45, 2.75) is 58.2 Å². The lowest BCUT2D eigenvalue weighted by Gasteiger charge is -2.27. The van der Waals surface area contributed by atoms with E-state index in [2.05, 4.69) is 16.0 Å². The molecule has 192 valence electrons. The number of nitrogens with zero attached hydrogens (tertiary/aromatic N) is 1. The molecule has 5 amide bonds. The highest BCUT2D eigenvalue weighted by Crippen LogP contribution is 2.18. The lowest BCUT2D eigenvalue weighted by molar-refractivity contribution is -0.139. The van der Waals surface area contributed by atoms with Crippen LogP contribution in [-0.4, -0.2) is 70.9 Å². The van der Waals surface area contributed by atoms with Crippen molar-refractivity contribution in [3.63, 3.8) is 0 Å². The summed E-state index contributed by atoms with van der Waals surface area (Å²) in [6.45, 7) is 5.23. The Labute approximate surface area is 203 Å². The summed E-state index contributed by atoms with van der Waals surface area (Å²) in [5.41, 5.74) is 7.95. The lowest BCUT2D eigenvalue weighted by atomic mass is 10.0. The largest absolute Gasteiger partial charge is 0.399 e. The number of rotatable bonds is 10. The molecule has 1 aliphatic rings. The first-order valence-electron chi connectivity index (χ1n) is 11.5. The van der Waals surface area contributed by atoms with Crippen LogP contribution >= 0.6 is 0 Å². The number of nitrogens with one attached hydrogen (secondary N) is 4. The molecular weight excluding hydrogens is 456 g/mol. The minimum Gasteiger partial charge on any atom is -0.399 e. The monoisotopic (exact) mass is 490 g/mol. The molecule has 1 heterocycles. The highest BCUT2D eigenvalue weighted by molar-refractivity contribution is 5.98. The Morgan fingerprint density at radius 2 is 1.71 bits per heavy atom. The van der Waals surface area contributed by atoms with Gasteiger partial charge in [-0.1, -0.05) is 13.8 Å². The molecule has 3 unspecified atom stereocenters. The summed E-state index contributed by atoms with van der Waals surface area (Å²) in [6.07, 6.45) is 1.33. The Kier molecular flexibility index (Phi) is 10.0. The number of nitrogen functional groups attached to an aromatic ring is 1. The van der Waals surface area contributed by atoms with Gasteiger partial charge in [-0.3, -0.25) is 29.2 Å². The van der Waals surface area contributed by atoms with Gasteiger partial charge < -0.3 is 26.6 Å². The number of carbonyl (C=O) groups excluding carboxylic acids is 5. The van der Waals surface area contributed by atoms with Crippen LogP contribution in [0.2, 0.25) is 0 Å². The minimum atomic E-state index is -1.01. The number of amides is 5. The van der Waals surface area contributed by atoms with Gasteiger partial charge in [0.1, 0.15) is 18.1 Å². The van der Waals surface area contributed by atoms with E-state index in [0.29, 0.717) is 37.1 Å². The Balaban J connectivity index is 1.99. The molecular formula is C23H34N6O6. The van der Waals surface area contributed by atoms with Gasteiger partial charge in [-0.25, -0.2) is 5.48 Å². The van der Waals surface area contributed by atoms with E-state index >= 15 is 0 Å². The van der Waals surface area contributed by atoms with E-state index in [9.17, 15) is 24.0 Å². The third-order valence-electron chi connectivity index (χ3n) is 5.65. The van der Waals surface area contributed by atoms with Crippen LogP contribution in [-0.2, 0) is 19.2 Å². The number of benzene rings is 1. The Morgan fingerprint density at radius 1 is 1.06 bits per heavy atom. The van der Waals surface area contributed by atoms with Gasteiger partial charge in [0.15, 0.2) is 0 Å². The number of likely N-dealkylation sites (tertiary alicyclic amines) is 1. The molecule has 12 heteroatoms. The topological polar surface area (TPSA) is 183 Å². The molecule has 0 aromatic heterocycles. The van der Waals surface area contributed by atoms with Crippen LogP contribution in [0.5, 0.6) is 0 Å². The molecule has 12 nitrogen and oxygen atoms in total. The number of carbonyl (C=O) groups is 5. The fourth-order valence-electron chi connectivity index (χ4n) is 3.78. The van der Waals surface area contributed by atoms with E-state index in [1.807, 2.05) is 13.8 Å². The van der Waals surface area contributed by atoms with E-state index in [-0.39, 0.29) is 12.5 Å². The van der Waals surface area contributed by atoms with Crippen molar-refractivity contribution < 1.29 is 29.2 Å². The Morgan fingerprint density at radius 3 is 2.31 bits per heavy atom. The average Bonchev–Trinajstić information content (AvgIpc) is 3.31. The van der Waals surface area contributed by atoms with Gasteiger partial charge in [-0.15, -0.1) is 0 Å². The van der Waals surface area contributed by atoms with E-state index in [4.69, 9.17) is 10.9 Å². The normalized spacial score (nSPS) is 16.8. The zero-order chi connectivity index (χ0) is 26.1. The summed E-state index contributed by atoms with van der Waals surface area (Å²) < 4.78 is 0. The lowest BCUT2D eigenvalue weighted by Crippen LogP contribution is -2.56. The Hall–Kier alpha value is -3.67. The van der Waals surface area contributed by atoms with Crippen LogP contribution in [0.1, 0.15) is 50.4 Å². The van der Waals surface area contributed by atoms with Crippen molar-refractivity contribution in [3.05, 3.63) is 29.8 Å². The first-order chi connectivity index (χ1) is 16.5. The predicted octanol–water partition coefficient (Wildman–Crippen LogP) is -0.469. The molecule has 0 spiro atoms. The minimum absolute atomic E-state index is 0.0536. The fraction of sp³-hybridized carbons (Fsp3) is 0.522. The predicted molar refractivity (Wildman–Crippen MR) is 127 cm³/mol. The van der Waals surface area contributed by atoms with Crippen molar-refractivity contribution in [2.24, 2.45) is 5.92 Å². The maximum absolute atomic E-state index is 13.0. The Bertz CT molecular complexity index is 935. The molecule has 3 atom stereocenters. The number of hydroxylamine groups is 1. The number of nitrogens with two attached hydrogens (primary N) is 1. The highest BCUT2D eigenvalue weighted by atomic mass is 16.5. The van der Waals surface area contributed by atoms with Crippen molar-refractivity contribution in [1.82, 2.24) is 26.3 Å². The van der Waals surface area contributed by atoms with Crippen molar-refractivity contribution in [1.29, 1.82) is 0 Å². The quantitative estimate of drug-likeness (QED) is 0.145. The van der Waals surface area contributed by atoms with Crippen LogP contribution < -0.4 is 27.2 Å². The van der Waals surface area contributed by atoms with Crippen molar-refractivity contribution >= 4 is 35.2 Å². The summed E-state index contributed by atoms with van der Waals surface area (Å²) in [7, 11) is 0. The van der Waals surface area contributed by atoms with E-state index in [1.165, 1.54) is 17.3 Å². The van der Waals surface area contributed by atoms with Gasteiger partial charge in [0.25, 0.3) is 11.8 Å². The average molecular weight is 491 g/mol. The standard InChI is InChI=1S/C23H34N6O6/c1-13(2)11-17(22(33)26-14(3)20(31)28-35)27-23(34)18-5-4-10-29(18)19(30)12-25-21(32)15-6-8-16(24)9-7-15/h6-9,13-14,17-18,35H,4-5,10-12,24H2,1-3H3,(H,25,32)(H,26,33)(H,27,34)(H,28,31). The molecule has 35 heavy (non-hydrogen) atoms. The van der Waals surface area contributed by atoms with Crippen molar-refractivity contribution in [3.8, 4) is 0 Å². The second kappa shape index (κ2) is 12.7. The molecule has 0 bridgehead atoms. The third-order valence-corrected chi connectivity index (χ3v) is 5.65. The van der Waals surface area contributed by atoms with Gasteiger partial charge in [-0.05, 0) is 56.4 Å². The molecule has 1 aromatic carbocycles. The molecule has 0 aliphatic carbocycles. The van der Waals surface area contributed by atoms with Gasteiger partial charge in [0, 0.05) is 17.8 Å². The molecule has 7 N–H and O–H groups in total. The second-order valence-electron chi connectivity index (χ2n) is 8.95. The first-order valence-corrected chi connectivity index (χ1v) is 11.5. The van der Waals surface area contributed by atoms with E-state index in [0.717, 1.165) is 0 Å². The fourth-order valence-corrected chi connectivity index (χ4v) is 3.78. The summed E-state index contributed by atoms with van der Waals surface area (Å²) in [4.78, 5) is 63.7. The van der Waals surface area contributed by atoms with Gasteiger partial charge in [0.05, 0.1) is 6.54 Å². The molecule has 1 aliphatic heterocycles. The molecule has 1 fully saturated rings. The van der Waals surface area contributed by atoms with Gasteiger partial charge >= 0.3 is 0 Å². The second-order valence-corrected chi connectivity index (χ2v) is 8.95. The van der Waals surface area contributed by atoms with Crippen LogP contribution in [0, 0.1) is 5.92 Å². The van der Waals surface area contributed by atoms with Crippen LogP contribution in [0.15, 0.2) is 24.3 Å². The van der Waals surface area contributed by atoms with Crippen LogP contribution in [0.25, 0.3) is 0 Å². The van der Waals surface area contributed by atoms with E-state index < -0.39 is 47.7 Å². The van der Waals surface area contributed by atoms with Crippen LogP contribution in [0.4, 0.5) is 5.69 Å². The summed E-state index contributed by atoms with van der Waals surface area (Å²) >= 11 is 0.